The Morgan fingerprint density at radius 2 is 0.984 bits per heavy atom. The number of likely N-dealkylation sites (tertiary alicyclic amines) is 2. The van der Waals surface area contributed by atoms with Crippen LogP contribution < -0.4 is 18.9 Å². The monoisotopic (exact) mass is 874 g/mol. The van der Waals surface area contributed by atoms with E-state index in [0.29, 0.717) is 55.5 Å². The summed E-state index contributed by atoms with van der Waals surface area (Å²) in [4.78, 5) is 2.96. The maximum atomic E-state index is 9.74. The molecule has 0 radical (unpaired) electrons. The molecule has 4 aliphatic rings. The van der Waals surface area contributed by atoms with Crippen LogP contribution in [-0.4, -0.2) is 79.9 Å². The van der Waals surface area contributed by atoms with Gasteiger partial charge in [-0.15, -0.1) is 11.6 Å². The lowest BCUT2D eigenvalue weighted by atomic mass is 10.00. The number of aryl methyl sites for hydroxylation is 2. The van der Waals surface area contributed by atoms with Crippen molar-refractivity contribution in [1.82, 2.24) is 9.80 Å². The van der Waals surface area contributed by atoms with Crippen LogP contribution >= 0.6 is 11.6 Å². The molecular weight excluding hydrogens is 808 g/mol. The van der Waals surface area contributed by atoms with Crippen molar-refractivity contribution >= 4 is 11.6 Å². The van der Waals surface area contributed by atoms with Crippen LogP contribution in [0, 0.1) is 0 Å². The van der Waals surface area contributed by atoms with Gasteiger partial charge in [0.15, 0.2) is 23.0 Å². The normalized spacial score (nSPS) is 20.8. The van der Waals surface area contributed by atoms with Crippen molar-refractivity contribution < 1.29 is 39.8 Å². The van der Waals surface area contributed by atoms with Crippen molar-refractivity contribution in [3.63, 3.8) is 0 Å². The topological polar surface area (TPSA) is 72.9 Å². The third-order valence-corrected chi connectivity index (χ3v) is 11.5. The minimum Gasteiger partial charge on any atom is -0.454 e. The van der Waals surface area contributed by atoms with Crippen molar-refractivity contribution in [2.45, 2.75) is 62.1 Å². The van der Waals surface area contributed by atoms with Crippen molar-refractivity contribution in [3.8, 4) is 23.0 Å². The van der Waals surface area contributed by atoms with E-state index in [-0.39, 0.29) is 48.8 Å². The summed E-state index contributed by atoms with van der Waals surface area (Å²) in [6.07, 6.45) is -2.86. The molecule has 63 heavy (non-hydrogen) atoms. The van der Waals surface area contributed by atoms with Crippen molar-refractivity contribution in [2.75, 3.05) is 52.8 Å². The number of benzene rings is 6. The molecule has 2 saturated heterocycles. The zero-order valence-corrected chi connectivity index (χ0v) is 35.9. The van der Waals surface area contributed by atoms with Gasteiger partial charge in [0, 0.05) is 37.0 Å². The maximum Gasteiger partial charge on any atom is 0.231 e. The number of alkyl halides is 1. The molecule has 4 heterocycles. The molecule has 6 aromatic carbocycles. The lowest BCUT2D eigenvalue weighted by molar-refractivity contribution is -0.0330. The largest absolute Gasteiger partial charge is 0.454 e. The number of hydrogen-bond acceptors (Lipinski definition) is 8. The van der Waals surface area contributed by atoms with E-state index in [2.05, 4.69) is 0 Å². The Morgan fingerprint density at radius 1 is 0.556 bits per heavy atom. The Kier molecular flexibility index (Phi) is 12.7. The minimum absolute atomic E-state index is 0.0441. The summed E-state index contributed by atoms with van der Waals surface area (Å²) in [6.45, 7) is -2.99. The predicted octanol–water partition coefficient (Wildman–Crippen LogP) is 10.7. The molecule has 9 heteroatoms. The Labute approximate surface area is 389 Å². The van der Waals surface area contributed by atoms with Crippen LogP contribution in [-0.2, 0) is 17.5 Å². The van der Waals surface area contributed by atoms with Gasteiger partial charge in [0.1, 0.15) is 6.10 Å². The number of hydrogen-bond donors (Lipinski definition) is 1. The van der Waals surface area contributed by atoms with Gasteiger partial charge in [0.05, 0.1) is 17.6 Å². The van der Waals surface area contributed by atoms with Gasteiger partial charge in [-0.25, -0.2) is 0 Å². The number of ether oxygens (including phenoxy) is 5. The van der Waals surface area contributed by atoms with Crippen LogP contribution in [0.15, 0.2) is 158 Å². The van der Waals surface area contributed by atoms with Crippen LogP contribution in [0.2, 0.25) is 0 Å². The van der Waals surface area contributed by atoms with E-state index in [1.165, 1.54) is 17.0 Å². The standard InChI is InChI=1S/C27H29NO3.C14H19NO3.C13H11Cl/c1-3-8-22(9-4-1)27(23-10-5-2-6-11-23)31-24-12-7-16-28(19-24)17-15-21-13-14-25-26(18-21)30-20-29-25;16-12-2-1-6-15(9-12)7-5-11-3-4-13-14(8-11)18-10-17-13;14-13(11-7-3-1-4-8-11)12-9-5-2-6-10-12/h1-6,8-11,13-14,18,24,27H,7,12,15-17,19-20H2;3-4,8,12,16H,1-2,5-7,9-10H2;1-10,13H/i15D2,17D2;5D2,7D2;. The zero-order chi connectivity index (χ0) is 50.2. The van der Waals surface area contributed by atoms with Crippen LogP contribution in [0.25, 0.3) is 0 Å². The highest BCUT2D eigenvalue weighted by Crippen LogP contribution is 2.35. The first-order chi connectivity index (χ1) is 34.1. The highest BCUT2D eigenvalue weighted by atomic mass is 35.5. The summed E-state index contributed by atoms with van der Waals surface area (Å²) in [5, 5.41) is 9.69. The first-order valence-electron chi connectivity index (χ1n) is 25.5. The number of β-amino-alcohol motifs (C(OH)–C–C–N with tert-alkyl or cyclic N) is 1. The van der Waals surface area contributed by atoms with Gasteiger partial charge in [-0.1, -0.05) is 133 Å². The molecule has 1 N–H and O–H groups in total. The Morgan fingerprint density at radius 3 is 1.46 bits per heavy atom. The van der Waals surface area contributed by atoms with Crippen molar-refractivity contribution in [2.24, 2.45) is 0 Å². The van der Waals surface area contributed by atoms with Gasteiger partial charge in [0.2, 0.25) is 13.6 Å². The SMILES string of the molecule is ClC(c1ccccc1)c1ccccc1.[2H]C([2H])(c1ccc2c(c1)OCO2)C([2H])([2H])N1CCCC(O)C1.[2H]C([2H])(c1ccc2c(c1)OCO2)C([2H])([2H])N1CCCC(OC(c2ccccc2)c2ccccc2)C1. The quantitative estimate of drug-likeness (QED) is 0.122. The molecular formula is C54H59ClN2O6. The minimum atomic E-state index is -2.27. The average Bonchev–Trinajstić information content (AvgIpc) is 4.09. The third-order valence-electron chi connectivity index (χ3n) is 11.0. The Balaban J connectivity index is 0.000000159. The average molecular weight is 876 g/mol. The number of nitrogens with zero attached hydrogens (tertiary/aromatic N) is 2. The molecule has 2 unspecified atom stereocenters. The summed E-state index contributed by atoms with van der Waals surface area (Å²) in [5.41, 5.74) is 4.77. The summed E-state index contributed by atoms with van der Waals surface area (Å²) < 4.78 is 96.2. The lowest BCUT2D eigenvalue weighted by Gasteiger charge is -2.35. The second-order valence-corrected chi connectivity index (χ2v) is 16.0. The van der Waals surface area contributed by atoms with E-state index in [1.807, 2.05) is 121 Å². The molecule has 4 aliphatic heterocycles. The Hall–Kier alpha value is -5.35. The number of rotatable bonds is 12. The zero-order valence-electron chi connectivity index (χ0n) is 43.2. The van der Waals surface area contributed by atoms with Crippen LogP contribution in [0.1, 0.15) is 81.5 Å². The van der Waals surface area contributed by atoms with E-state index in [0.717, 1.165) is 35.1 Å². The molecule has 0 amide bonds. The van der Waals surface area contributed by atoms with Gasteiger partial charge in [-0.05, 0) is 109 Å². The summed E-state index contributed by atoms with van der Waals surface area (Å²) >= 11 is 6.33. The van der Waals surface area contributed by atoms with Gasteiger partial charge < -0.3 is 38.6 Å². The molecule has 0 bridgehead atoms. The number of halogens is 1. The molecule has 328 valence electrons. The first kappa shape index (κ1) is 35.1. The first-order valence-corrected chi connectivity index (χ1v) is 22.0. The predicted molar refractivity (Wildman–Crippen MR) is 250 cm³/mol. The summed E-state index contributed by atoms with van der Waals surface area (Å²) in [5.74, 6) is 1.95. The van der Waals surface area contributed by atoms with Gasteiger partial charge in [-0.3, -0.25) is 0 Å². The highest BCUT2D eigenvalue weighted by Gasteiger charge is 2.26. The van der Waals surface area contributed by atoms with Crippen molar-refractivity contribution in [3.05, 3.63) is 191 Å². The Bertz CT molecular complexity index is 2560. The van der Waals surface area contributed by atoms with E-state index in [1.54, 1.807) is 29.2 Å². The molecule has 0 spiro atoms. The van der Waals surface area contributed by atoms with Gasteiger partial charge in [-0.2, -0.15) is 0 Å². The lowest BCUT2D eigenvalue weighted by Crippen LogP contribution is -2.41. The molecule has 2 atom stereocenters. The fourth-order valence-electron chi connectivity index (χ4n) is 7.68. The van der Waals surface area contributed by atoms with Gasteiger partial charge >= 0.3 is 0 Å². The fourth-order valence-corrected chi connectivity index (χ4v) is 7.97. The van der Waals surface area contributed by atoms with Crippen molar-refractivity contribution in [1.29, 1.82) is 0 Å². The van der Waals surface area contributed by atoms with E-state index in [4.69, 9.17) is 46.3 Å². The molecule has 6 aromatic rings. The van der Waals surface area contributed by atoms with E-state index in [9.17, 15) is 5.11 Å². The van der Waals surface area contributed by atoms with E-state index < -0.39 is 31.8 Å². The number of aliphatic hydroxyl groups excluding tert-OH is 1. The highest BCUT2D eigenvalue weighted by molar-refractivity contribution is 6.22. The molecule has 2 fully saturated rings. The van der Waals surface area contributed by atoms with Crippen LogP contribution in [0.4, 0.5) is 0 Å². The second-order valence-electron chi connectivity index (χ2n) is 15.6. The maximum absolute atomic E-state index is 9.74. The smallest absolute Gasteiger partial charge is 0.231 e. The van der Waals surface area contributed by atoms with Crippen LogP contribution in [0.3, 0.4) is 0 Å². The summed E-state index contributed by atoms with van der Waals surface area (Å²) in [7, 11) is 0. The molecule has 0 aromatic heterocycles. The number of piperidine rings is 2. The molecule has 8 nitrogen and oxygen atoms in total. The number of fused-ring (bicyclic) bond motifs is 2. The second kappa shape index (κ2) is 22.8. The summed E-state index contributed by atoms with van der Waals surface area (Å²) in [6, 6.07) is 49.6. The number of aliphatic hydroxyl groups is 1. The third kappa shape index (κ3) is 12.9. The molecule has 0 saturated carbocycles. The van der Waals surface area contributed by atoms with Gasteiger partial charge in [0.25, 0.3) is 0 Å². The fraction of sp³-hybridized carbons (Fsp3) is 0.333. The molecule has 0 aliphatic carbocycles. The molecule has 10 rings (SSSR count). The van der Waals surface area contributed by atoms with E-state index >= 15 is 0 Å². The van der Waals surface area contributed by atoms with Crippen LogP contribution in [0.5, 0.6) is 23.0 Å².